The normalized spacial score (nSPS) is 11.5. The maximum atomic E-state index is 11.9. The van der Waals surface area contributed by atoms with Crippen molar-refractivity contribution in [2.24, 2.45) is 0 Å². The second kappa shape index (κ2) is 4.95. The fourth-order valence-corrected chi connectivity index (χ4v) is 1.05. The lowest BCUT2D eigenvalue weighted by atomic mass is 10.3. The number of nitrogens with zero attached hydrogens (tertiary/aromatic N) is 2. The summed E-state index contributed by atoms with van der Waals surface area (Å²) in [5.74, 6) is 0.774. The van der Waals surface area contributed by atoms with E-state index in [9.17, 15) is 13.2 Å². The monoisotopic (exact) mass is 219 g/mol. The van der Waals surface area contributed by atoms with Gasteiger partial charge in [-0.2, -0.15) is 13.2 Å². The maximum absolute atomic E-state index is 11.9. The molecule has 84 valence electrons. The van der Waals surface area contributed by atoms with Crippen LogP contribution in [0.3, 0.4) is 0 Å². The van der Waals surface area contributed by atoms with Crippen LogP contribution in [0.15, 0.2) is 12.3 Å². The van der Waals surface area contributed by atoms with Gasteiger partial charge in [0.2, 0.25) is 0 Å². The van der Waals surface area contributed by atoms with Crippen molar-refractivity contribution in [3.8, 4) is 0 Å². The standard InChI is InChI=1S/C9H12F3N3/c1-2-13-8-4-6-14-7(15-8)3-5-9(10,11)12/h4,6H,2-3,5H2,1H3,(H,13,14,15). The van der Waals surface area contributed by atoms with Crippen LogP contribution in [0.4, 0.5) is 19.0 Å². The Morgan fingerprint density at radius 1 is 1.40 bits per heavy atom. The molecule has 0 saturated heterocycles. The fourth-order valence-electron chi connectivity index (χ4n) is 1.05. The summed E-state index contributed by atoms with van der Waals surface area (Å²) in [6.07, 6.45) is -3.76. The topological polar surface area (TPSA) is 37.8 Å². The minimum absolute atomic E-state index is 0.178. The highest BCUT2D eigenvalue weighted by Crippen LogP contribution is 2.21. The SMILES string of the molecule is CCNc1ccnc(CCC(F)(F)F)n1. The van der Waals surface area contributed by atoms with Gasteiger partial charge in [-0.1, -0.05) is 0 Å². The molecular weight excluding hydrogens is 207 g/mol. The Bertz CT molecular complexity index is 312. The number of hydrogen-bond acceptors (Lipinski definition) is 3. The largest absolute Gasteiger partial charge is 0.389 e. The van der Waals surface area contributed by atoms with Crippen LogP contribution in [-0.4, -0.2) is 22.7 Å². The number of hydrogen-bond donors (Lipinski definition) is 1. The number of halogens is 3. The van der Waals surface area contributed by atoms with E-state index >= 15 is 0 Å². The second-order valence-corrected chi connectivity index (χ2v) is 3.00. The van der Waals surface area contributed by atoms with Crippen molar-refractivity contribution in [1.29, 1.82) is 0 Å². The fraction of sp³-hybridized carbons (Fsp3) is 0.556. The summed E-state index contributed by atoms with van der Waals surface area (Å²) in [4.78, 5) is 7.72. The van der Waals surface area contributed by atoms with Crippen LogP contribution in [0.25, 0.3) is 0 Å². The Morgan fingerprint density at radius 2 is 2.13 bits per heavy atom. The molecule has 0 atom stereocenters. The van der Waals surface area contributed by atoms with Crippen LogP contribution in [0.2, 0.25) is 0 Å². The van der Waals surface area contributed by atoms with Gasteiger partial charge in [-0.15, -0.1) is 0 Å². The van der Waals surface area contributed by atoms with Crippen LogP contribution < -0.4 is 5.32 Å². The third kappa shape index (κ3) is 4.62. The Morgan fingerprint density at radius 3 is 2.73 bits per heavy atom. The van der Waals surface area contributed by atoms with Crippen LogP contribution in [0.5, 0.6) is 0 Å². The molecule has 1 N–H and O–H groups in total. The zero-order valence-corrected chi connectivity index (χ0v) is 8.30. The molecule has 0 aromatic carbocycles. The van der Waals surface area contributed by atoms with Gasteiger partial charge in [0.1, 0.15) is 11.6 Å². The average molecular weight is 219 g/mol. The van der Waals surface area contributed by atoms with E-state index < -0.39 is 12.6 Å². The number of nitrogens with one attached hydrogen (secondary N) is 1. The van der Waals surface area contributed by atoms with Crippen molar-refractivity contribution in [2.45, 2.75) is 25.9 Å². The third-order valence-corrected chi connectivity index (χ3v) is 1.70. The average Bonchev–Trinajstić information content (AvgIpc) is 2.15. The first-order chi connectivity index (χ1) is 7.01. The van der Waals surface area contributed by atoms with E-state index in [4.69, 9.17) is 0 Å². The van der Waals surface area contributed by atoms with Gasteiger partial charge in [0.05, 0.1) is 6.42 Å². The lowest BCUT2D eigenvalue weighted by molar-refractivity contribution is -0.134. The highest BCUT2D eigenvalue weighted by atomic mass is 19.4. The van der Waals surface area contributed by atoms with E-state index in [1.54, 1.807) is 6.07 Å². The van der Waals surface area contributed by atoms with E-state index in [1.807, 2.05) is 6.92 Å². The van der Waals surface area contributed by atoms with Crippen molar-refractivity contribution >= 4 is 5.82 Å². The Balaban J connectivity index is 2.57. The lowest BCUT2D eigenvalue weighted by Gasteiger charge is -2.06. The predicted octanol–water partition coefficient (Wildman–Crippen LogP) is 2.40. The molecule has 3 nitrogen and oxygen atoms in total. The van der Waals surface area contributed by atoms with Crippen LogP contribution >= 0.6 is 0 Å². The Kier molecular flexibility index (Phi) is 3.88. The number of alkyl halides is 3. The van der Waals surface area contributed by atoms with E-state index in [0.29, 0.717) is 12.4 Å². The summed E-state index contributed by atoms with van der Waals surface area (Å²) in [7, 11) is 0. The molecule has 0 radical (unpaired) electrons. The van der Waals surface area contributed by atoms with E-state index in [0.717, 1.165) is 0 Å². The first kappa shape index (κ1) is 11.7. The molecule has 1 aromatic rings. The first-order valence-electron chi connectivity index (χ1n) is 4.64. The summed E-state index contributed by atoms with van der Waals surface area (Å²) in [5.41, 5.74) is 0. The summed E-state index contributed by atoms with van der Waals surface area (Å²) >= 11 is 0. The highest BCUT2D eigenvalue weighted by Gasteiger charge is 2.27. The number of anilines is 1. The van der Waals surface area contributed by atoms with Crippen molar-refractivity contribution in [3.63, 3.8) is 0 Å². The van der Waals surface area contributed by atoms with Crippen LogP contribution in [0, 0.1) is 0 Å². The lowest BCUT2D eigenvalue weighted by Crippen LogP contribution is -2.11. The Labute approximate surface area is 85.7 Å². The van der Waals surface area contributed by atoms with E-state index in [2.05, 4.69) is 15.3 Å². The molecular formula is C9H12F3N3. The van der Waals surface area contributed by atoms with Gasteiger partial charge in [-0.3, -0.25) is 0 Å². The van der Waals surface area contributed by atoms with Crippen molar-refractivity contribution in [3.05, 3.63) is 18.1 Å². The molecule has 0 bridgehead atoms. The van der Waals surface area contributed by atoms with Gasteiger partial charge in [0, 0.05) is 19.2 Å². The minimum Gasteiger partial charge on any atom is -0.370 e. The summed E-state index contributed by atoms with van der Waals surface area (Å²) in [6, 6.07) is 1.63. The van der Waals surface area contributed by atoms with Gasteiger partial charge in [-0.05, 0) is 13.0 Å². The van der Waals surface area contributed by atoms with Gasteiger partial charge >= 0.3 is 6.18 Å². The number of aromatic nitrogens is 2. The maximum Gasteiger partial charge on any atom is 0.389 e. The Hall–Kier alpha value is -1.33. The summed E-state index contributed by atoms with van der Waals surface area (Å²) < 4.78 is 35.8. The van der Waals surface area contributed by atoms with Crippen molar-refractivity contribution < 1.29 is 13.2 Å². The number of rotatable bonds is 4. The summed E-state index contributed by atoms with van der Waals surface area (Å²) in [5, 5.41) is 2.91. The number of aryl methyl sites for hydroxylation is 1. The first-order valence-corrected chi connectivity index (χ1v) is 4.64. The molecule has 1 heterocycles. The van der Waals surface area contributed by atoms with E-state index in [1.165, 1.54) is 6.20 Å². The van der Waals surface area contributed by atoms with Gasteiger partial charge in [-0.25, -0.2) is 9.97 Å². The molecule has 0 aliphatic carbocycles. The van der Waals surface area contributed by atoms with Crippen molar-refractivity contribution in [2.75, 3.05) is 11.9 Å². The third-order valence-electron chi connectivity index (χ3n) is 1.70. The molecule has 15 heavy (non-hydrogen) atoms. The molecule has 0 aliphatic heterocycles. The molecule has 0 spiro atoms. The van der Waals surface area contributed by atoms with Crippen LogP contribution in [0.1, 0.15) is 19.2 Å². The zero-order valence-electron chi connectivity index (χ0n) is 8.30. The van der Waals surface area contributed by atoms with Crippen molar-refractivity contribution in [1.82, 2.24) is 9.97 Å². The quantitative estimate of drug-likeness (QED) is 0.844. The van der Waals surface area contributed by atoms with Gasteiger partial charge in [0.15, 0.2) is 0 Å². The highest BCUT2D eigenvalue weighted by molar-refractivity contribution is 5.32. The molecule has 6 heteroatoms. The predicted molar refractivity (Wildman–Crippen MR) is 50.6 cm³/mol. The zero-order chi connectivity index (χ0) is 11.3. The molecule has 1 rings (SSSR count). The van der Waals surface area contributed by atoms with Crippen LogP contribution in [-0.2, 0) is 6.42 Å². The molecule has 0 fully saturated rings. The summed E-state index contributed by atoms with van der Waals surface area (Å²) in [6.45, 7) is 2.56. The van der Waals surface area contributed by atoms with Gasteiger partial charge < -0.3 is 5.32 Å². The van der Waals surface area contributed by atoms with E-state index in [-0.39, 0.29) is 12.2 Å². The molecule has 0 amide bonds. The molecule has 0 unspecified atom stereocenters. The second-order valence-electron chi connectivity index (χ2n) is 3.00. The molecule has 1 aromatic heterocycles. The van der Waals surface area contributed by atoms with Gasteiger partial charge in [0.25, 0.3) is 0 Å². The minimum atomic E-state index is -4.16. The molecule has 0 saturated carbocycles. The smallest absolute Gasteiger partial charge is 0.370 e. The molecule has 0 aliphatic rings.